The van der Waals surface area contributed by atoms with E-state index < -0.39 is 0 Å². The Hall–Kier alpha value is -0.610. The number of piperidine rings is 1. The summed E-state index contributed by atoms with van der Waals surface area (Å²) < 4.78 is 0. The standard InChI is InChI=1S/C19H38N6O.HI/c1-4-21-19(22-11-14-24(3)17-7-5-6-8-17)23-16-9-12-25(13-10-16)15-18(26)20-2;/h16-17H,4-15H2,1-3H3,(H,20,26)(H2,21,22,23);1H. The second-order valence-corrected chi connectivity index (χ2v) is 7.55. The number of hydrogen-bond acceptors (Lipinski definition) is 4. The Morgan fingerprint density at radius 2 is 1.85 bits per heavy atom. The van der Waals surface area contributed by atoms with Gasteiger partial charge in [-0.15, -0.1) is 24.0 Å². The lowest BCUT2D eigenvalue weighted by molar-refractivity contribution is -0.122. The molecule has 7 nitrogen and oxygen atoms in total. The van der Waals surface area contributed by atoms with Crippen LogP contribution in [0.4, 0.5) is 0 Å². The summed E-state index contributed by atoms with van der Waals surface area (Å²) in [7, 11) is 3.92. The summed E-state index contributed by atoms with van der Waals surface area (Å²) in [5, 5.41) is 9.65. The quantitative estimate of drug-likeness (QED) is 0.269. The van der Waals surface area contributed by atoms with Crippen LogP contribution in [0.3, 0.4) is 0 Å². The van der Waals surface area contributed by atoms with Crippen molar-refractivity contribution in [3.63, 3.8) is 0 Å². The van der Waals surface area contributed by atoms with E-state index in [1.165, 1.54) is 25.7 Å². The summed E-state index contributed by atoms with van der Waals surface area (Å²) in [6.07, 6.45) is 7.52. The molecule has 158 valence electrons. The highest BCUT2D eigenvalue weighted by atomic mass is 127. The van der Waals surface area contributed by atoms with Gasteiger partial charge >= 0.3 is 0 Å². The Bertz CT molecular complexity index is 447. The van der Waals surface area contributed by atoms with Crippen LogP contribution >= 0.6 is 24.0 Å². The van der Waals surface area contributed by atoms with E-state index in [2.05, 4.69) is 39.7 Å². The molecule has 0 unspecified atom stereocenters. The highest BCUT2D eigenvalue weighted by Crippen LogP contribution is 2.21. The Balaban J connectivity index is 0.00000364. The van der Waals surface area contributed by atoms with Crippen molar-refractivity contribution in [3.05, 3.63) is 0 Å². The summed E-state index contributed by atoms with van der Waals surface area (Å²) in [5.74, 6) is 1.02. The third kappa shape index (κ3) is 8.95. The van der Waals surface area contributed by atoms with Crippen molar-refractivity contribution in [2.45, 2.75) is 57.5 Å². The molecule has 1 aliphatic heterocycles. The average Bonchev–Trinajstić information content (AvgIpc) is 3.18. The number of guanidine groups is 1. The molecule has 0 atom stereocenters. The first-order chi connectivity index (χ1) is 12.6. The minimum absolute atomic E-state index is 0. The second-order valence-electron chi connectivity index (χ2n) is 7.55. The van der Waals surface area contributed by atoms with E-state index in [1.807, 2.05) is 0 Å². The first-order valence-corrected chi connectivity index (χ1v) is 10.3. The maximum absolute atomic E-state index is 11.5. The van der Waals surface area contributed by atoms with Gasteiger partial charge in [0.15, 0.2) is 5.96 Å². The zero-order valence-electron chi connectivity index (χ0n) is 17.3. The molecule has 0 spiro atoms. The minimum Gasteiger partial charge on any atom is -0.358 e. The molecule has 27 heavy (non-hydrogen) atoms. The Morgan fingerprint density at radius 1 is 1.19 bits per heavy atom. The van der Waals surface area contributed by atoms with Crippen LogP contribution in [0.25, 0.3) is 0 Å². The summed E-state index contributed by atoms with van der Waals surface area (Å²) >= 11 is 0. The zero-order valence-corrected chi connectivity index (χ0v) is 19.6. The van der Waals surface area contributed by atoms with Crippen LogP contribution in [-0.2, 0) is 4.79 Å². The fraction of sp³-hybridized carbons (Fsp3) is 0.895. The number of likely N-dealkylation sites (N-methyl/N-ethyl adjacent to an activating group) is 2. The zero-order chi connectivity index (χ0) is 18.8. The van der Waals surface area contributed by atoms with Crippen molar-refractivity contribution in [1.29, 1.82) is 0 Å². The number of hydrogen-bond donors (Lipinski definition) is 3. The van der Waals surface area contributed by atoms with Crippen LogP contribution in [0.2, 0.25) is 0 Å². The van der Waals surface area contributed by atoms with Gasteiger partial charge in [-0.1, -0.05) is 12.8 Å². The third-order valence-electron chi connectivity index (χ3n) is 5.59. The smallest absolute Gasteiger partial charge is 0.233 e. The summed E-state index contributed by atoms with van der Waals surface area (Å²) in [6.45, 7) is 7.24. The molecule has 0 aromatic carbocycles. The summed E-state index contributed by atoms with van der Waals surface area (Å²) in [6, 6.07) is 1.19. The van der Waals surface area contributed by atoms with Gasteiger partial charge in [-0.25, -0.2) is 0 Å². The Labute approximate surface area is 182 Å². The molecule has 0 radical (unpaired) electrons. The molecule has 2 fully saturated rings. The first-order valence-electron chi connectivity index (χ1n) is 10.3. The fourth-order valence-electron chi connectivity index (χ4n) is 3.88. The summed E-state index contributed by atoms with van der Waals surface area (Å²) in [5.41, 5.74) is 0. The van der Waals surface area contributed by atoms with Gasteiger partial charge in [0.25, 0.3) is 0 Å². The van der Waals surface area contributed by atoms with Crippen LogP contribution < -0.4 is 16.0 Å². The van der Waals surface area contributed by atoms with Gasteiger partial charge in [-0.2, -0.15) is 0 Å². The number of amides is 1. The van der Waals surface area contributed by atoms with E-state index in [1.54, 1.807) is 7.05 Å². The van der Waals surface area contributed by atoms with Crippen molar-refractivity contribution < 1.29 is 4.79 Å². The predicted octanol–water partition coefficient (Wildman–Crippen LogP) is 1.24. The van der Waals surface area contributed by atoms with Gasteiger partial charge in [0, 0.05) is 45.3 Å². The SMILES string of the molecule is CCNC(=NCCN(C)C1CCCC1)NC1CCN(CC(=O)NC)CC1.I. The van der Waals surface area contributed by atoms with Crippen molar-refractivity contribution in [1.82, 2.24) is 25.8 Å². The number of likely N-dealkylation sites (tertiary alicyclic amines) is 1. The van der Waals surface area contributed by atoms with Crippen molar-refractivity contribution in [2.75, 3.05) is 53.4 Å². The van der Waals surface area contributed by atoms with Crippen LogP contribution in [0, 0.1) is 0 Å². The molecule has 0 aromatic heterocycles. The molecule has 2 rings (SSSR count). The van der Waals surface area contributed by atoms with E-state index in [0.717, 1.165) is 57.6 Å². The maximum atomic E-state index is 11.5. The maximum Gasteiger partial charge on any atom is 0.233 e. The van der Waals surface area contributed by atoms with E-state index in [0.29, 0.717) is 12.6 Å². The van der Waals surface area contributed by atoms with Crippen LogP contribution in [-0.4, -0.2) is 87.1 Å². The molecule has 1 saturated carbocycles. The van der Waals surface area contributed by atoms with Gasteiger partial charge < -0.3 is 20.9 Å². The van der Waals surface area contributed by atoms with E-state index >= 15 is 0 Å². The molecular weight excluding hydrogens is 455 g/mol. The molecule has 3 N–H and O–H groups in total. The highest BCUT2D eigenvalue weighted by molar-refractivity contribution is 14.0. The average molecular weight is 494 g/mol. The molecule has 1 heterocycles. The highest BCUT2D eigenvalue weighted by Gasteiger charge is 2.21. The molecule has 1 aliphatic carbocycles. The molecular formula is C19H39IN6O. The van der Waals surface area contributed by atoms with Gasteiger partial charge in [0.05, 0.1) is 13.1 Å². The van der Waals surface area contributed by atoms with Gasteiger partial charge in [-0.05, 0) is 39.7 Å². The molecule has 0 aromatic rings. The Morgan fingerprint density at radius 3 is 2.44 bits per heavy atom. The fourth-order valence-corrected chi connectivity index (χ4v) is 3.88. The number of carbonyl (C=O) groups is 1. The largest absolute Gasteiger partial charge is 0.358 e. The number of nitrogens with zero attached hydrogens (tertiary/aromatic N) is 3. The van der Waals surface area contributed by atoms with Crippen LogP contribution in [0.1, 0.15) is 45.4 Å². The number of aliphatic imine (C=N–C) groups is 1. The van der Waals surface area contributed by atoms with Gasteiger partial charge in [-0.3, -0.25) is 14.7 Å². The van der Waals surface area contributed by atoms with E-state index in [9.17, 15) is 4.79 Å². The number of carbonyl (C=O) groups excluding carboxylic acids is 1. The number of halogens is 1. The van der Waals surface area contributed by atoms with E-state index in [4.69, 9.17) is 4.99 Å². The van der Waals surface area contributed by atoms with Crippen molar-refractivity contribution in [2.24, 2.45) is 4.99 Å². The molecule has 0 bridgehead atoms. The van der Waals surface area contributed by atoms with Crippen LogP contribution in [0.5, 0.6) is 0 Å². The van der Waals surface area contributed by atoms with Gasteiger partial charge in [0.1, 0.15) is 0 Å². The normalized spacial score (nSPS) is 19.8. The van der Waals surface area contributed by atoms with E-state index in [-0.39, 0.29) is 29.9 Å². The number of rotatable bonds is 8. The van der Waals surface area contributed by atoms with Crippen LogP contribution in [0.15, 0.2) is 4.99 Å². The molecule has 1 saturated heterocycles. The topological polar surface area (TPSA) is 72.0 Å². The lowest BCUT2D eigenvalue weighted by Gasteiger charge is -2.32. The van der Waals surface area contributed by atoms with Crippen molar-refractivity contribution in [3.8, 4) is 0 Å². The molecule has 8 heteroatoms. The van der Waals surface area contributed by atoms with Gasteiger partial charge in [0.2, 0.25) is 5.91 Å². The lowest BCUT2D eigenvalue weighted by atomic mass is 10.1. The first kappa shape index (κ1) is 24.4. The third-order valence-corrected chi connectivity index (χ3v) is 5.59. The minimum atomic E-state index is 0. The molecule has 1 amide bonds. The predicted molar refractivity (Wildman–Crippen MR) is 123 cm³/mol. The second kappa shape index (κ2) is 13.5. The summed E-state index contributed by atoms with van der Waals surface area (Å²) in [4.78, 5) is 21.0. The van der Waals surface area contributed by atoms with Crippen molar-refractivity contribution >= 4 is 35.8 Å². The lowest BCUT2D eigenvalue weighted by Crippen LogP contribution is -2.50. The molecule has 2 aliphatic rings. The Kier molecular flexibility index (Phi) is 12.3. The monoisotopic (exact) mass is 494 g/mol. The number of nitrogens with one attached hydrogen (secondary N) is 3.